The van der Waals surface area contributed by atoms with E-state index in [1.54, 1.807) is 35.4 Å². The molecule has 1 atom stereocenters. The minimum atomic E-state index is -0.300. The van der Waals surface area contributed by atoms with Gasteiger partial charge in [-0.15, -0.1) is 5.10 Å². The molecule has 1 aliphatic rings. The monoisotopic (exact) mass is 403 g/mol. The van der Waals surface area contributed by atoms with Crippen LogP contribution in [0, 0.1) is 5.82 Å². The predicted molar refractivity (Wildman–Crippen MR) is 110 cm³/mol. The molecular weight excluding hydrogens is 385 g/mol. The Balaban J connectivity index is 1.79. The van der Waals surface area contributed by atoms with Gasteiger partial charge in [0.25, 0.3) is 0 Å². The molecular formula is C20H19ClFN3OS. The van der Waals surface area contributed by atoms with Crippen LogP contribution in [0.15, 0.2) is 58.7 Å². The van der Waals surface area contributed by atoms with Gasteiger partial charge >= 0.3 is 0 Å². The Morgan fingerprint density at radius 2 is 1.89 bits per heavy atom. The van der Waals surface area contributed by atoms with E-state index < -0.39 is 0 Å². The van der Waals surface area contributed by atoms with E-state index in [1.807, 2.05) is 19.1 Å². The van der Waals surface area contributed by atoms with E-state index in [4.69, 9.17) is 11.6 Å². The molecule has 0 spiro atoms. The molecule has 7 heteroatoms. The Kier molecular flexibility index (Phi) is 6.63. The highest BCUT2D eigenvalue weighted by Crippen LogP contribution is 2.31. The number of thioether (sulfide) groups is 1. The molecule has 2 aromatic rings. The second-order valence-electron chi connectivity index (χ2n) is 6.12. The third kappa shape index (κ3) is 5.17. The Morgan fingerprint density at radius 1 is 1.19 bits per heavy atom. The molecule has 0 N–H and O–H groups in total. The van der Waals surface area contributed by atoms with Gasteiger partial charge in [-0.25, -0.2) is 4.39 Å². The van der Waals surface area contributed by atoms with E-state index in [9.17, 15) is 9.18 Å². The van der Waals surface area contributed by atoms with Crippen molar-refractivity contribution in [3.05, 3.63) is 70.5 Å². The maximum atomic E-state index is 13.1. The number of rotatable bonds is 6. The smallest absolute Gasteiger partial charge is 0.242 e. The molecule has 0 aromatic heterocycles. The number of benzene rings is 2. The van der Waals surface area contributed by atoms with Crippen LogP contribution in [0.25, 0.3) is 0 Å². The van der Waals surface area contributed by atoms with Crippen molar-refractivity contribution in [2.45, 2.75) is 31.6 Å². The molecule has 4 nitrogen and oxygen atoms in total. The standard InChI is InChI=1S/C20H19ClFN3OS/c1-2-3-18-19(26)25(13-15-6-10-17(22)11-7-15)20(27-18)24-23-12-14-4-8-16(21)9-5-14/h4-12,18H,2-3,13H2,1H3/b23-12-,24-20+/t18-/m0/s1. The lowest BCUT2D eigenvalue weighted by Gasteiger charge is -2.15. The molecule has 0 unspecified atom stereocenters. The minimum absolute atomic E-state index is 0.0200. The van der Waals surface area contributed by atoms with Crippen LogP contribution in [-0.2, 0) is 11.3 Å². The summed E-state index contributed by atoms with van der Waals surface area (Å²) >= 11 is 7.30. The minimum Gasteiger partial charge on any atom is -0.284 e. The van der Waals surface area contributed by atoms with Crippen LogP contribution in [0.5, 0.6) is 0 Å². The van der Waals surface area contributed by atoms with Gasteiger partial charge in [-0.2, -0.15) is 5.10 Å². The molecule has 2 aromatic carbocycles. The first-order chi connectivity index (χ1) is 13.1. The van der Waals surface area contributed by atoms with Gasteiger partial charge in [-0.3, -0.25) is 9.69 Å². The van der Waals surface area contributed by atoms with Gasteiger partial charge in [0.2, 0.25) is 5.91 Å². The van der Waals surface area contributed by atoms with Crippen LogP contribution in [0.3, 0.4) is 0 Å². The van der Waals surface area contributed by atoms with Crippen molar-refractivity contribution in [3.8, 4) is 0 Å². The zero-order valence-corrected chi connectivity index (χ0v) is 16.4. The zero-order chi connectivity index (χ0) is 19.2. The summed E-state index contributed by atoms with van der Waals surface area (Å²) in [6.45, 7) is 2.40. The SMILES string of the molecule is CCC[C@@H]1S/C(=N/N=C\c2ccc(Cl)cc2)N(Cc2ccc(F)cc2)C1=O. The van der Waals surface area contributed by atoms with Gasteiger partial charge in [0.15, 0.2) is 5.17 Å². The second kappa shape index (κ2) is 9.15. The molecule has 0 radical (unpaired) electrons. The third-order valence-corrected chi connectivity index (χ3v) is 5.53. The zero-order valence-electron chi connectivity index (χ0n) is 14.8. The van der Waals surface area contributed by atoms with Crippen LogP contribution in [-0.4, -0.2) is 27.4 Å². The van der Waals surface area contributed by atoms with E-state index >= 15 is 0 Å². The number of nitrogens with zero attached hydrogens (tertiary/aromatic N) is 3. The molecule has 1 heterocycles. The van der Waals surface area contributed by atoms with Crippen LogP contribution < -0.4 is 0 Å². The van der Waals surface area contributed by atoms with Crippen molar-refractivity contribution >= 4 is 40.7 Å². The molecule has 1 aliphatic heterocycles. The van der Waals surface area contributed by atoms with Gasteiger partial charge in [0.1, 0.15) is 5.82 Å². The highest BCUT2D eigenvalue weighted by molar-refractivity contribution is 8.15. The summed E-state index contributed by atoms with van der Waals surface area (Å²) in [5, 5.41) is 9.47. The van der Waals surface area contributed by atoms with Crippen LogP contribution >= 0.6 is 23.4 Å². The average molecular weight is 404 g/mol. The average Bonchev–Trinajstić information content (AvgIpc) is 2.94. The fraction of sp³-hybridized carbons (Fsp3) is 0.250. The highest BCUT2D eigenvalue weighted by Gasteiger charge is 2.37. The topological polar surface area (TPSA) is 45.0 Å². The second-order valence-corrected chi connectivity index (χ2v) is 7.73. The Hall–Kier alpha value is -2.18. The molecule has 1 fully saturated rings. The molecule has 0 saturated carbocycles. The van der Waals surface area contributed by atoms with Crippen molar-refractivity contribution < 1.29 is 9.18 Å². The van der Waals surface area contributed by atoms with E-state index in [1.165, 1.54) is 23.9 Å². The summed E-state index contributed by atoms with van der Waals surface area (Å²) in [5.74, 6) is -0.280. The summed E-state index contributed by atoms with van der Waals surface area (Å²) in [7, 11) is 0. The number of hydrogen-bond acceptors (Lipinski definition) is 4. The highest BCUT2D eigenvalue weighted by atomic mass is 35.5. The Labute approximate surface area is 167 Å². The lowest BCUT2D eigenvalue weighted by molar-refractivity contribution is -0.126. The maximum Gasteiger partial charge on any atom is 0.242 e. The number of carbonyl (C=O) groups is 1. The van der Waals surface area contributed by atoms with Crippen molar-refractivity contribution in [2.75, 3.05) is 0 Å². The number of amidine groups is 1. The lowest BCUT2D eigenvalue weighted by atomic mass is 10.2. The first-order valence-electron chi connectivity index (χ1n) is 8.66. The normalized spacial score (nSPS) is 18.8. The Bertz CT molecular complexity index is 853. The van der Waals surface area contributed by atoms with Crippen molar-refractivity contribution in [1.82, 2.24) is 4.90 Å². The van der Waals surface area contributed by atoms with E-state index in [2.05, 4.69) is 10.2 Å². The van der Waals surface area contributed by atoms with Crippen molar-refractivity contribution in [1.29, 1.82) is 0 Å². The van der Waals surface area contributed by atoms with E-state index in [-0.39, 0.29) is 17.0 Å². The van der Waals surface area contributed by atoms with Crippen molar-refractivity contribution in [3.63, 3.8) is 0 Å². The summed E-state index contributed by atoms with van der Waals surface area (Å²) in [4.78, 5) is 14.4. The maximum absolute atomic E-state index is 13.1. The lowest BCUT2D eigenvalue weighted by Crippen LogP contribution is -2.31. The van der Waals surface area contributed by atoms with Crippen LogP contribution in [0.4, 0.5) is 4.39 Å². The first kappa shape index (κ1) is 19.6. The predicted octanol–water partition coefficient (Wildman–Crippen LogP) is 5.11. The molecule has 0 bridgehead atoms. The summed E-state index contributed by atoms with van der Waals surface area (Å²) in [6, 6.07) is 13.4. The number of amides is 1. The van der Waals surface area contributed by atoms with E-state index in [0.717, 1.165) is 24.0 Å². The molecule has 140 valence electrons. The van der Waals surface area contributed by atoms with Crippen LogP contribution in [0.2, 0.25) is 5.02 Å². The van der Waals surface area contributed by atoms with Gasteiger partial charge in [-0.1, -0.05) is 61.0 Å². The molecule has 1 amide bonds. The van der Waals surface area contributed by atoms with Crippen molar-refractivity contribution in [2.24, 2.45) is 10.2 Å². The third-order valence-electron chi connectivity index (χ3n) is 4.04. The summed E-state index contributed by atoms with van der Waals surface area (Å²) in [5.41, 5.74) is 1.71. The van der Waals surface area contributed by atoms with E-state index in [0.29, 0.717) is 16.7 Å². The number of carbonyl (C=O) groups excluding carboxylic acids is 1. The quantitative estimate of drug-likeness (QED) is 0.496. The molecule has 3 rings (SSSR count). The van der Waals surface area contributed by atoms with Gasteiger partial charge < -0.3 is 0 Å². The largest absolute Gasteiger partial charge is 0.284 e. The Morgan fingerprint density at radius 3 is 2.56 bits per heavy atom. The fourth-order valence-corrected chi connectivity index (χ4v) is 3.98. The van der Waals surface area contributed by atoms with Crippen LogP contribution in [0.1, 0.15) is 30.9 Å². The first-order valence-corrected chi connectivity index (χ1v) is 9.91. The number of hydrogen-bond donors (Lipinski definition) is 0. The molecule has 27 heavy (non-hydrogen) atoms. The summed E-state index contributed by atoms with van der Waals surface area (Å²) < 4.78 is 13.1. The van der Waals surface area contributed by atoms with Gasteiger partial charge in [0.05, 0.1) is 18.0 Å². The summed E-state index contributed by atoms with van der Waals surface area (Å²) in [6.07, 6.45) is 3.32. The molecule has 0 aliphatic carbocycles. The number of halogens is 2. The fourth-order valence-electron chi connectivity index (χ4n) is 2.64. The molecule has 1 saturated heterocycles. The van der Waals surface area contributed by atoms with Gasteiger partial charge in [-0.05, 0) is 41.8 Å². The van der Waals surface area contributed by atoms with Gasteiger partial charge in [0, 0.05) is 5.02 Å².